The number of nitro groups is 1. The Labute approximate surface area is 120 Å². The molecule has 0 aliphatic carbocycles. The second kappa shape index (κ2) is 5.41. The fourth-order valence-electron chi connectivity index (χ4n) is 2.27. The molecule has 1 aliphatic rings. The van der Waals surface area contributed by atoms with Crippen LogP contribution >= 0.6 is 0 Å². The van der Waals surface area contributed by atoms with Crippen LogP contribution in [0.25, 0.3) is 0 Å². The zero-order valence-electron chi connectivity index (χ0n) is 10.9. The Bertz CT molecular complexity index is 659. The highest BCUT2D eigenvalue weighted by atomic mass is 32.2. The highest BCUT2D eigenvalue weighted by Crippen LogP contribution is 2.35. The van der Waals surface area contributed by atoms with Crippen molar-refractivity contribution in [1.29, 1.82) is 0 Å². The number of nitrogens with zero attached hydrogens (tertiary/aromatic N) is 1. The van der Waals surface area contributed by atoms with E-state index in [4.69, 9.17) is 4.74 Å². The minimum absolute atomic E-state index is 0.0402. The number of non-ortho nitro benzene ring substituents is 1. The lowest BCUT2D eigenvalue weighted by molar-refractivity contribution is -0.384. The lowest BCUT2D eigenvalue weighted by Crippen LogP contribution is -2.50. The molecule has 1 heterocycles. The molecule has 0 aromatic heterocycles. The van der Waals surface area contributed by atoms with Crippen LogP contribution in [0.15, 0.2) is 29.2 Å². The van der Waals surface area contributed by atoms with Gasteiger partial charge in [0.25, 0.3) is 5.69 Å². The summed E-state index contributed by atoms with van der Waals surface area (Å²) in [6.45, 7) is 0.0804. The zero-order chi connectivity index (χ0) is 15.7. The normalized spacial score (nSPS) is 18.1. The van der Waals surface area contributed by atoms with Crippen molar-refractivity contribution in [3.05, 3.63) is 34.4 Å². The summed E-state index contributed by atoms with van der Waals surface area (Å²) in [5.41, 5.74) is -0.259. The third-order valence-electron chi connectivity index (χ3n) is 3.56. The molecular weight excluding hydrogens is 302 g/mol. The van der Waals surface area contributed by atoms with E-state index in [0.717, 1.165) is 24.3 Å². The minimum atomic E-state index is -4.17. The summed E-state index contributed by atoms with van der Waals surface area (Å²) in [7, 11) is -4.17. The highest BCUT2D eigenvalue weighted by Gasteiger charge is 2.52. The van der Waals surface area contributed by atoms with Gasteiger partial charge in [-0.1, -0.05) is 0 Å². The van der Waals surface area contributed by atoms with Gasteiger partial charge in [-0.15, -0.1) is 0 Å². The first-order valence-corrected chi connectivity index (χ1v) is 7.60. The van der Waals surface area contributed by atoms with Crippen molar-refractivity contribution in [2.24, 2.45) is 0 Å². The van der Waals surface area contributed by atoms with Gasteiger partial charge in [-0.3, -0.25) is 14.9 Å². The number of hydrogen-bond donors (Lipinski definition) is 1. The molecule has 0 amide bonds. The predicted octanol–water partition coefficient (Wildman–Crippen LogP) is 1.00. The standard InChI is InChI=1S/C12H13NO7S/c14-11(15)12(5-7-20-8-6-12)21(18,19)10-3-1-9(2-4-10)13(16)17/h1-4H,5-8H2,(H,14,15). The number of carbonyl (C=O) groups is 1. The molecule has 0 unspecified atom stereocenters. The van der Waals surface area contributed by atoms with E-state index >= 15 is 0 Å². The second-order valence-corrected chi connectivity index (χ2v) is 6.93. The molecule has 1 saturated heterocycles. The van der Waals surface area contributed by atoms with Crippen LogP contribution in [-0.4, -0.2) is 42.4 Å². The van der Waals surface area contributed by atoms with Gasteiger partial charge in [0.2, 0.25) is 0 Å². The van der Waals surface area contributed by atoms with Gasteiger partial charge >= 0.3 is 5.97 Å². The Hall–Kier alpha value is -2.00. The SMILES string of the molecule is O=C(O)C1(S(=O)(=O)c2ccc([N+](=O)[O-])cc2)CCOCC1. The highest BCUT2D eigenvalue weighted by molar-refractivity contribution is 7.93. The molecule has 0 saturated carbocycles. The van der Waals surface area contributed by atoms with Crippen LogP contribution in [0.2, 0.25) is 0 Å². The lowest BCUT2D eigenvalue weighted by Gasteiger charge is -2.32. The van der Waals surface area contributed by atoms with Gasteiger partial charge in [0.1, 0.15) is 0 Å². The topological polar surface area (TPSA) is 124 Å². The van der Waals surface area contributed by atoms with Crippen LogP contribution in [0.4, 0.5) is 5.69 Å². The summed E-state index contributed by atoms with van der Waals surface area (Å²) in [6.07, 6.45) is -0.302. The molecule has 0 spiro atoms. The molecule has 0 radical (unpaired) electrons. The molecule has 1 fully saturated rings. The number of aliphatic carboxylic acids is 1. The van der Waals surface area contributed by atoms with Crippen molar-refractivity contribution < 1.29 is 28.0 Å². The van der Waals surface area contributed by atoms with E-state index < -0.39 is 25.5 Å². The minimum Gasteiger partial charge on any atom is -0.480 e. The molecule has 21 heavy (non-hydrogen) atoms. The zero-order valence-corrected chi connectivity index (χ0v) is 11.7. The van der Waals surface area contributed by atoms with Crippen molar-refractivity contribution in [3.63, 3.8) is 0 Å². The van der Waals surface area contributed by atoms with Crippen molar-refractivity contribution in [2.75, 3.05) is 13.2 Å². The van der Waals surface area contributed by atoms with Crippen LogP contribution in [0.1, 0.15) is 12.8 Å². The first-order valence-electron chi connectivity index (χ1n) is 6.11. The summed E-state index contributed by atoms with van der Waals surface area (Å²) in [5, 5.41) is 20.0. The van der Waals surface area contributed by atoms with E-state index in [1.807, 2.05) is 0 Å². The van der Waals surface area contributed by atoms with Gasteiger partial charge in [-0.05, 0) is 12.1 Å². The Balaban J connectivity index is 2.48. The molecule has 8 nitrogen and oxygen atoms in total. The van der Waals surface area contributed by atoms with Crippen LogP contribution in [0.5, 0.6) is 0 Å². The van der Waals surface area contributed by atoms with E-state index in [2.05, 4.69) is 0 Å². The van der Waals surface area contributed by atoms with E-state index in [9.17, 15) is 28.4 Å². The summed E-state index contributed by atoms with van der Waals surface area (Å²) in [6, 6.07) is 4.21. The maximum absolute atomic E-state index is 12.6. The maximum Gasteiger partial charge on any atom is 0.325 e. The molecule has 1 N–H and O–H groups in total. The number of carboxylic acids is 1. The molecule has 114 valence electrons. The first-order chi connectivity index (χ1) is 9.81. The van der Waals surface area contributed by atoms with Gasteiger partial charge in [0, 0.05) is 38.2 Å². The van der Waals surface area contributed by atoms with Crippen LogP contribution in [0, 0.1) is 10.1 Å². The average Bonchev–Trinajstić information content (AvgIpc) is 2.47. The van der Waals surface area contributed by atoms with Crippen LogP contribution in [0.3, 0.4) is 0 Å². The smallest absolute Gasteiger partial charge is 0.325 e. The maximum atomic E-state index is 12.6. The summed E-state index contributed by atoms with van der Waals surface area (Å²) < 4.78 is 28.3. The fraction of sp³-hybridized carbons (Fsp3) is 0.417. The van der Waals surface area contributed by atoms with E-state index in [0.29, 0.717) is 0 Å². The first kappa shape index (κ1) is 15.4. The number of hydrogen-bond acceptors (Lipinski definition) is 6. The monoisotopic (exact) mass is 315 g/mol. The molecule has 0 atom stereocenters. The van der Waals surface area contributed by atoms with E-state index in [1.165, 1.54) is 0 Å². The molecule has 1 aromatic rings. The van der Waals surface area contributed by atoms with Gasteiger partial charge < -0.3 is 9.84 Å². The molecule has 1 aliphatic heterocycles. The second-order valence-electron chi connectivity index (χ2n) is 4.67. The third-order valence-corrected chi connectivity index (χ3v) is 6.07. The van der Waals surface area contributed by atoms with Crippen molar-refractivity contribution >= 4 is 21.5 Å². The summed E-state index contributed by atoms with van der Waals surface area (Å²) in [4.78, 5) is 21.2. The van der Waals surface area contributed by atoms with Gasteiger partial charge in [-0.25, -0.2) is 8.42 Å². The summed E-state index contributed by atoms with van der Waals surface area (Å²) >= 11 is 0. The number of rotatable bonds is 4. The number of ether oxygens (including phenoxy) is 1. The largest absolute Gasteiger partial charge is 0.480 e. The Morgan fingerprint density at radius 3 is 2.19 bits per heavy atom. The van der Waals surface area contributed by atoms with E-state index in [-0.39, 0.29) is 36.6 Å². The van der Waals surface area contributed by atoms with Gasteiger partial charge in [0.05, 0.1) is 9.82 Å². The fourth-order valence-corrected chi connectivity index (χ4v) is 4.15. The van der Waals surface area contributed by atoms with Crippen LogP contribution < -0.4 is 0 Å². The third kappa shape index (κ3) is 2.49. The number of carboxylic acid groups (broad SMARTS) is 1. The van der Waals surface area contributed by atoms with Gasteiger partial charge in [-0.2, -0.15) is 0 Å². The number of benzene rings is 1. The molecule has 2 rings (SSSR count). The van der Waals surface area contributed by atoms with Crippen molar-refractivity contribution in [1.82, 2.24) is 0 Å². The number of sulfone groups is 1. The quantitative estimate of drug-likeness (QED) is 0.649. The Kier molecular flexibility index (Phi) is 3.97. The summed E-state index contributed by atoms with van der Waals surface area (Å²) in [5.74, 6) is -1.43. The molecule has 9 heteroatoms. The predicted molar refractivity (Wildman–Crippen MR) is 70.7 cm³/mol. The van der Waals surface area contributed by atoms with Crippen molar-refractivity contribution in [2.45, 2.75) is 22.5 Å². The molecule has 0 bridgehead atoms. The van der Waals surface area contributed by atoms with E-state index in [1.54, 1.807) is 0 Å². The lowest BCUT2D eigenvalue weighted by atomic mass is 9.99. The molecule has 1 aromatic carbocycles. The molecular formula is C12H13NO7S. The van der Waals surface area contributed by atoms with Gasteiger partial charge in [0.15, 0.2) is 14.6 Å². The Morgan fingerprint density at radius 1 is 1.24 bits per heavy atom. The van der Waals surface area contributed by atoms with Crippen molar-refractivity contribution in [3.8, 4) is 0 Å². The average molecular weight is 315 g/mol. The van der Waals surface area contributed by atoms with Crippen LogP contribution in [-0.2, 0) is 19.4 Å². The number of nitro benzene ring substituents is 1. The Morgan fingerprint density at radius 2 is 1.76 bits per heavy atom.